The molecular weight excluding hydrogens is 525 g/mol. The average Bonchev–Trinajstić information content (AvgIpc) is 3.56. The number of aromatic nitrogens is 5. The number of hydrogen-bond donors (Lipinski definition) is 3. The molecule has 0 unspecified atom stereocenters. The Kier molecular flexibility index (Phi) is 5.40. The van der Waals surface area contributed by atoms with E-state index in [0.717, 1.165) is 41.7 Å². The zero-order valence-electron chi connectivity index (χ0n) is 22.6. The van der Waals surface area contributed by atoms with E-state index in [-0.39, 0.29) is 16.8 Å². The van der Waals surface area contributed by atoms with Crippen LogP contribution in [-0.4, -0.2) is 55.8 Å². The lowest BCUT2D eigenvalue weighted by Crippen LogP contribution is -2.23. The third-order valence-corrected chi connectivity index (χ3v) is 7.99. The number of carboxylic acids is 1. The molecule has 1 aromatic carbocycles. The minimum atomic E-state index is -1.30. The van der Waals surface area contributed by atoms with Crippen LogP contribution in [0.25, 0.3) is 49.8 Å². The summed E-state index contributed by atoms with van der Waals surface area (Å²) in [5.74, 6) is -1.69. The first-order valence-corrected chi connectivity index (χ1v) is 13.2. The van der Waals surface area contributed by atoms with Gasteiger partial charge in [-0.25, -0.2) is 19.2 Å². The molecule has 206 valence electrons. The molecular formula is C30H26FN7O3. The summed E-state index contributed by atoms with van der Waals surface area (Å²) in [5, 5.41) is 14.2. The molecule has 10 nitrogen and oxygen atoms in total. The van der Waals surface area contributed by atoms with Gasteiger partial charge in [-0.15, -0.1) is 0 Å². The fourth-order valence-corrected chi connectivity index (χ4v) is 6.03. The van der Waals surface area contributed by atoms with Crippen LogP contribution in [0.4, 0.5) is 15.8 Å². The van der Waals surface area contributed by atoms with Crippen LogP contribution < -0.4 is 15.6 Å². The van der Waals surface area contributed by atoms with Crippen molar-refractivity contribution in [2.75, 3.05) is 30.9 Å². The maximum Gasteiger partial charge on any atom is 0.341 e. The second-order valence-electron chi connectivity index (χ2n) is 10.5. The van der Waals surface area contributed by atoms with Crippen molar-refractivity contribution < 1.29 is 14.3 Å². The fraction of sp³-hybridized carbons (Fsp3) is 0.200. The van der Waals surface area contributed by atoms with Gasteiger partial charge in [-0.3, -0.25) is 4.79 Å². The Morgan fingerprint density at radius 2 is 1.93 bits per heavy atom. The number of nitrogens with zero attached hydrogens (tertiary/aromatic N) is 5. The van der Waals surface area contributed by atoms with E-state index in [9.17, 15) is 19.1 Å². The van der Waals surface area contributed by atoms with Crippen LogP contribution in [0.5, 0.6) is 0 Å². The van der Waals surface area contributed by atoms with Gasteiger partial charge in [0.05, 0.1) is 33.4 Å². The number of H-pyrrole nitrogens is 1. The minimum Gasteiger partial charge on any atom is -0.477 e. The Hall–Kier alpha value is -5.19. The van der Waals surface area contributed by atoms with Crippen LogP contribution in [-0.2, 0) is 13.5 Å². The number of aryl methyl sites for hydroxylation is 2. The number of carboxylic acid groups (broad SMARTS) is 1. The van der Waals surface area contributed by atoms with Crippen molar-refractivity contribution in [3.8, 4) is 16.8 Å². The molecule has 0 aliphatic carbocycles. The smallest absolute Gasteiger partial charge is 0.341 e. The van der Waals surface area contributed by atoms with Crippen LogP contribution in [0.15, 0.2) is 54.0 Å². The van der Waals surface area contributed by atoms with Gasteiger partial charge in [0.15, 0.2) is 0 Å². The van der Waals surface area contributed by atoms with Gasteiger partial charge in [0, 0.05) is 75.2 Å². The number of carbonyl (C=O) groups is 1. The number of benzene rings is 1. The quantitative estimate of drug-likeness (QED) is 0.291. The normalized spacial score (nSPS) is 13.3. The Labute approximate surface area is 232 Å². The Morgan fingerprint density at radius 1 is 1.10 bits per heavy atom. The van der Waals surface area contributed by atoms with E-state index in [1.165, 1.54) is 28.5 Å². The van der Waals surface area contributed by atoms with Crippen LogP contribution >= 0.6 is 0 Å². The van der Waals surface area contributed by atoms with Crippen molar-refractivity contribution in [3.63, 3.8) is 0 Å². The summed E-state index contributed by atoms with van der Waals surface area (Å²) in [5.41, 5.74) is 5.66. The molecule has 0 saturated heterocycles. The minimum absolute atomic E-state index is 0.185. The number of nitrogens with one attached hydrogen (secondary N) is 2. The maximum absolute atomic E-state index is 14.9. The summed E-state index contributed by atoms with van der Waals surface area (Å²) >= 11 is 0. The summed E-state index contributed by atoms with van der Waals surface area (Å²) in [6.45, 7) is 0.948. The van der Waals surface area contributed by atoms with Gasteiger partial charge in [0.25, 0.3) is 0 Å². The lowest BCUT2D eigenvalue weighted by atomic mass is 10.0. The number of halogens is 1. The molecule has 7 rings (SSSR count). The standard InChI is InChI=1S/C30H26FN7O3/c1-32-22-9-17(31)8-18-24-26(38-12-15-5-4-6-36(2)23(15)14-38)20(11-33-28(24)35-25(18)22)16-7-19-27(39)21(30(40)41)13-37(3)29(19)34-10-16/h7-14,32H,4-6H2,1-3H3,(H,33,35)(H,40,41). The van der Waals surface area contributed by atoms with Crippen LogP contribution in [0.2, 0.25) is 0 Å². The summed E-state index contributed by atoms with van der Waals surface area (Å²) in [6.07, 6.45) is 10.8. The molecule has 11 heteroatoms. The molecule has 1 aliphatic rings. The Morgan fingerprint density at radius 3 is 2.68 bits per heavy atom. The van der Waals surface area contributed by atoms with Crippen LogP contribution in [0.1, 0.15) is 22.3 Å². The molecule has 5 aromatic heterocycles. The van der Waals surface area contributed by atoms with Gasteiger partial charge in [0.1, 0.15) is 22.7 Å². The van der Waals surface area contributed by atoms with Gasteiger partial charge in [-0.1, -0.05) is 0 Å². The van der Waals surface area contributed by atoms with E-state index in [1.807, 2.05) is 4.57 Å². The third kappa shape index (κ3) is 3.69. The number of pyridine rings is 3. The molecule has 0 amide bonds. The number of anilines is 2. The van der Waals surface area contributed by atoms with Crippen molar-refractivity contribution in [1.29, 1.82) is 0 Å². The molecule has 0 bridgehead atoms. The van der Waals surface area contributed by atoms with Crippen LogP contribution in [0.3, 0.4) is 0 Å². The van der Waals surface area contributed by atoms with Gasteiger partial charge >= 0.3 is 5.97 Å². The molecule has 1 aliphatic heterocycles. The van der Waals surface area contributed by atoms with Gasteiger partial charge in [-0.2, -0.15) is 0 Å². The maximum atomic E-state index is 14.9. The van der Waals surface area contributed by atoms with Gasteiger partial charge in [0.2, 0.25) is 5.43 Å². The van der Waals surface area contributed by atoms with Crippen molar-refractivity contribution >= 4 is 50.3 Å². The molecule has 0 saturated carbocycles. The second-order valence-corrected chi connectivity index (χ2v) is 10.5. The first kappa shape index (κ1) is 24.8. The summed E-state index contributed by atoms with van der Waals surface area (Å²) in [7, 11) is 5.46. The molecule has 6 heterocycles. The predicted molar refractivity (Wildman–Crippen MR) is 157 cm³/mol. The van der Waals surface area contributed by atoms with Gasteiger partial charge in [-0.05, 0) is 36.6 Å². The molecule has 0 atom stereocenters. The first-order chi connectivity index (χ1) is 19.7. The van der Waals surface area contributed by atoms with E-state index in [4.69, 9.17) is 4.98 Å². The van der Waals surface area contributed by atoms with Crippen molar-refractivity contribution in [3.05, 3.63) is 76.4 Å². The highest BCUT2D eigenvalue weighted by Crippen LogP contribution is 2.40. The van der Waals surface area contributed by atoms with E-state index < -0.39 is 11.4 Å². The molecule has 0 radical (unpaired) electrons. The largest absolute Gasteiger partial charge is 0.477 e. The highest BCUT2D eigenvalue weighted by Gasteiger charge is 2.24. The zero-order chi connectivity index (χ0) is 28.6. The number of aromatic carboxylic acids is 1. The SMILES string of the molecule is CNc1cc(F)cc2c1[nH]c1ncc(-c3cnc4c(c3)c(=O)c(C(=O)O)cn4C)c(-n3cc4c(c3)N(C)CCC4)c12. The molecule has 6 aromatic rings. The third-order valence-electron chi connectivity index (χ3n) is 7.99. The van der Waals surface area contributed by atoms with E-state index >= 15 is 0 Å². The molecule has 0 spiro atoms. The summed E-state index contributed by atoms with van der Waals surface area (Å²) < 4.78 is 18.4. The highest BCUT2D eigenvalue weighted by molar-refractivity contribution is 6.15. The average molecular weight is 552 g/mol. The highest BCUT2D eigenvalue weighted by atomic mass is 19.1. The number of fused-ring (bicyclic) bond motifs is 5. The Bertz CT molecular complexity index is 2120. The van der Waals surface area contributed by atoms with E-state index in [2.05, 4.69) is 39.6 Å². The molecule has 3 N–H and O–H groups in total. The topological polar surface area (TPSA) is 121 Å². The van der Waals surface area contributed by atoms with E-state index in [0.29, 0.717) is 33.5 Å². The fourth-order valence-electron chi connectivity index (χ4n) is 6.03. The first-order valence-electron chi connectivity index (χ1n) is 13.2. The Balaban J connectivity index is 1.59. The second kappa shape index (κ2) is 8.91. The van der Waals surface area contributed by atoms with Crippen LogP contribution in [0, 0.1) is 5.82 Å². The van der Waals surface area contributed by atoms with Crippen molar-refractivity contribution in [1.82, 2.24) is 24.1 Å². The summed E-state index contributed by atoms with van der Waals surface area (Å²) in [4.78, 5) is 39.8. The number of hydrogen-bond acceptors (Lipinski definition) is 6. The van der Waals surface area contributed by atoms with Crippen molar-refractivity contribution in [2.45, 2.75) is 12.8 Å². The monoisotopic (exact) mass is 551 g/mol. The number of aromatic amines is 1. The lowest BCUT2D eigenvalue weighted by Gasteiger charge is -2.23. The van der Waals surface area contributed by atoms with Gasteiger partial charge < -0.3 is 29.4 Å². The molecule has 41 heavy (non-hydrogen) atoms. The number of rotatable bonds is 4. The van der Waals surface area contributed by atoms with Crippen molar-refractivity contribution in [2.24, 2.45) is 7.05 Å². The predicted octanol–water partition coefficient (Wildman–Crippen LogP) is 4.68. The summed E-state index contributed by atoms with van der Waals surface area (Å²) in [6, 6.07) is 4.59. The molecule has 0 fully saturated rings. The zero-order valence-corrected chi connectivity index (χ0v) is 22.6. The van der Waals surface area contributed by atoms with E-state index in [1.54, 1.807) is 32.6 Å². The lowest BCUT2D eigenvalue weighted by molar-refractivity contribution is 0.0695.